The Balaban J connectivity index is 2.01. The van der Waals surface area contributed by atoms with E-state index in [2.05, 4.69) is 10.4 Å². The molecule has 0 atom stereocenters. The summed E-state index contributed by atoms with van der Waals surface area (Å²) in [6, 6.07) is 3.41. The number of nitrogens with two attached hydrogens (primary N) is 1. The van der Waals surface area contributed by atoms with E-state index in [-0.39, 0.29) is 5.91 Å². The number of hydrazine groups is 1. The van der Waals surface area contributed by atoms with Crippen LogP contribution in [0.4, 0.5) is 0 Å². The predicted molar refractivity (Wildman–Crippen MR) is 64.5 cm³/mol. The van der Waals surface area contributed by atoms with E-state index in [4.69, 9.17) is 10.3 Å². The van der Waals surface area contributed by atoms with Gasteiger partial charge in [-0.3, -0.25) is 14.8 Å². The molecule has 0 aliphatic carbocycles. The van der Waals surface area contributed by atoms with E-state index < -0.39 is 5.76 Å². The number of oxazole rings is 1. The Morgan fingerprint density at radius 1 is 1.50 bits per heavy atom. The molecule has 96 valence electrons. The van der Waals surface area contributed by atoms with E-state index in [0.29, 0.717) is 37.0 Å². The molecule has 0 aliphatic heterocycles. The smallest absolute Gasteiger partial charge is 0.406 e. The normalized spacial score (nSPS) is 10.7. The first-order chi connectivity index (χ1) is 8.72. The Morgan fingerprint density at radius 2 is 2.33 bits per heavy atom. The van der Waals surface area contributed by atoms with Crippen LogP contribution >= 0.6 is 0 Å². The van der Waals surface area contributed by atoms with Crippen LogP contribution in [0.3, 0.4) is 0 Å². The number of hydrogen-bond acceptors (Lipinski definition) is 5. The van der Waals surface area contributed by atoms with Crippen molar-refractivity contribution in [2.75, 3.05) is 0 Å². The molecule has 0 bridgehead atoms. The molecule has 2 aromatic heterocycles. The topological polar surface area (TPSA) is 103 Å². The van der Waals surface area contributed by atoms with Crippen molar-refractivity contribution in [1.29, 1.82) is 0 Å². The number of rotatable bonds is 5. The van der Waals surface area contributed by atoms with Crippen molar-refractivity contribution in [3.05, 3.63) is 28.9 Å². The highest BCUT2D eigenvalue weighted by molar-refractivity contribution is 5.75. The molecule has 0 aromatic carbocycles. The SMILES string of the molecule is NNC(=O)CCCCn1c(=O)oc2cccnc21. The van der Waals surface area contributed by atoms with E-state index >= 15 is 0 Å². The molecule has 0 spiro atoms. The average molecular weight is 250 g/mol. The summed E-state index contributed by atoms with van der Waals surface area (Å²) in [6.07, 6.45) is 3.28. The monoisotopic (exact) mass is 250 g/mol. The summed E-state index contributed by atoms with van der Waals surface area (Å²) in [5.41, 5.74) is 3.07. The summed E-state index contributed by atoms with van der Waals surface area (Å²) in [4.78, 5) is 26.6. The highest BCUT2D eigenvalue weighted by Crippen LogP contribution is 2.09. The second-order valence-electron chi connectivity index (χ2n) is 3.87. The maximum Gasteiger partial charge on any atom is 0.421 e. The van der Waals surface area contributed by atoms with Crippen molar-refractivity contribution in [3.8, 4) is 0 Å². The van der Waals surface area contributed by atoms with E-state index in [1.54, 1.807) is 18.3 Å². The van der Waals surface area contributed by atoms with Crippen molar-refractivity contribution in [1.82, 2.24) is 15.0 Å². The second-order valence-corrected chi connectivity index (χ2v) is 3.87. The lowest BCUT2D eigenvalue weighted by atomic mass is 10.2. The first-order valence-electron chi connectivity index (χ1n) is 5.66. The van der Waals surface area contributed by atoms with E-state index in [0.717, 1.165) is 0 Å². The third-order valence-corrected chi connectivity index (χ3v) is 2.62. The Morgan fingerprint density at radius 3 is 3.11 bits per heavy atom. The predicted octanol–water partition coefficient (Wildman–Crippen LogP) is 0.150. The van der Waals surface area contributed by atoms with Crippen LogP contribution in [0.25, 0.3) is 11.2 Å². The van der Waals surface area contributed by atoms with Crippen LogP contribution in [-0.4, -0.2) is 15.5 Å². The summed E-state index contributed by atoms with van der Waals surface area (Å²) >= 11 is 0. The van der Waals surface area contributed by atoms with Gasteiger partial charge in [-0.2, -0.15) is 0 Å². The summed E-state index contributed by atoms with van der Waals surface area (Å²) in [5.74, 6) is 4.33. The molecule has 3 N–H and O–H groups in total. The molecule has 0 unspecified atom stereocenters. The number of nitrogens with zero attached hydrogens (tertiary/aromatic N) is 2. The third-order valence-electron chi connectivity index (χ3n) is 2.62. The number of aryl methyl sites for hydroxylation is 1. The molecule has 2 heterocycles. The minimum absolute atomic E-state index is 0.211. The Labute approximate surface area is 103 Å². The lowest BCUT2D eigenvalue weighted by Crippen LogP contribution is -2.29. The Hall–Kier alpha value is -2.15. The van der Waals surface area contributed by atoms with Gasteiger partial charge in [0.25, 0.3) is 0 Å². The van der Waals surface area contributed by atoms with Gasteiger partial charge in [0.1, 0.15) is 0 Å². The number of pyridine rings is 1. The average Bonchev–Trinajstić information content (AvgIpc) is 2.70. The lowest BCUT2D eigenvalue weighted by molar-refractivity contribution is -0.121. The number of unbranched alkanes of at least 4 members (excludes halogenated alkanes) is 1. The number of carbonyl (C=O) groups excluding carboxylic acids is 1. The van der Waals surface area contributed by atoms with Crippen LogP contribution in [0.2, 0.25) is 0 Å². The van der Waals surface area contributed by atoms with Crippen LogP contribution in [0, 0.1) is 0 Å². The largest absolute Gasteiger partial charge is 0.421 e. The zero-order chi connectivity index (χ0) is 13.0. The van der Waals surface area contributed by atoms with Crippen LogP contribution < -0.4 is 17.0 Å². The Bertz CT molecular complexity index is 602. The van der Waals surface area contributed by atoms with Crippen molar-refractivity contribution >= 4 is 17.1 Å². The maximum atomic E-state index is 11.6. The second kappa shape index (κ2) is 5.46. The van der Waals surface area contributed by atoms with Crippen LogP contribution in [-0.2, 0) is 11.3 Å². The number of hydrogen-bond donors (Lipinski definition) is 2. The van der Waals surface area contributed by atoms with Gasteiger partial charge in [0.15, 0.2) is 11.2 Å². The number of aromatic nitrogens is 2. The summed E-state index contributed by atoms with van der Waals surface area (Å²) < 4.78 is 6.51. The van der Waals surface area contributed by atoms with E-state index in [1.165, 1.54) is 4.57 Å². The molecule has 0 radical (unpaired) electrons. The van der Waals surface area contributed by atoms with Gasteiger partial charge in [-0.25, -0.2) is 15.6 Å². The molecule has 1 amide bonds. The molecule has 0 aliphatic rings. The molecule has 7 nitrogen and oxygen atoms in total. The summed E-state index contributed by atoms with van der Waals surface area (Å²) in [5, 5.41) is 0. The van der Waals surface area contributed by atoms with Gasteiger partial charge in [-0.15, -0.1) is 0 Å². The number of fused-ring (bicyclic) bond motifs is 1. The van der Waals surface area contributed by atoms with Gasteiger partial charge in [0.2, 0.25) is 5.91 Å². The fourth-order valence-electron chi connectivity index (χ4n) is 1.73. The molecular formula is C11H14N4O3. The van der Waals surface area contributed by atoms with Crippen LogP contribution in [0.1, 0.15) is 19.3 Å². The minimum Gasteiger partial charge on any atom is -0.406 e. The minimum atomic E-state index is -0.424. The van der Waals surface area contributed by atoms with Crippen molar-refractivity contribution in [3.63, 3.8) is 0 Å². The zero-order valence-corrected chi connectivity index (χ0v) is 9.76. The van der Waals surface area contributed by atoms with E-state index in [1.807, 2.05) is 0 Å². The molecule has 7 heteroatoms. The molecular weight excluding hydrogens is 236 g/mol. The van der Waals surface area contributed by atoms with Gasteiger partial charge in [0, 0.05) is 19.2 Å². The van der Waals surface area contributed by atoms with Gasteiger partial charge < -0.3 is 4.42 Å². The first-order valence-corrected chi connectivity index (χ1v) is 5.66. The highest BCUT2D eigenvalue weighted by atomic mass is 16.4. The molecule has 2 rings (SSSR count). The highest BCUT2D eigenvalue weighted by Gasteiger charge is 2.09. The molecule has 18 heavy (non-hydrogen) atoms. The molecule has 0 saturated carbocycles. The standard InChI is InChI=1S/C11H14N4O3/c12-14-9(16)5-1-2-7-15-10-8(18-11(15)17)4-3-6-13-10/h3-4,6H,1-2,5,7,12H2,(H,14,16). The van der Waals surface area contributed by atoms with E-state index in [9.17, 15) is 9.59 Å². The fourth-order valence-corrected chi connectivity index (χ4v) is 1.73. The molecule has 2 aromatic rings. The van der Waals surface area contributed by atoms with Gasteiger partial charge in [0.05, 0.1) is 0 Å². The number of nitrogens with one attached hydrogen (secondary N) is 1. The van der Waals surface area contributed by atoms with Gasteiger partial charge in [-0.05, 0) is 25.0 Å². The fraction of sp³-hybridized carbons (Fsp3) is 0.364. The molecule has 0 saturated heterocycles. The van der Waals surface area contributed by atoms with Crippen molar-refractivity contribution < 1.29 is 9.21 Å². The van der Waals surface area contributed by atoms with Crippen molar-refractivity contribution in [2.24, 2.45) is 5.84 Å². The summed E-state index contributed by atoms with van der Waals surface area (Å²) in [6.45, 7) is 0.473. The van der Waals surface area contributed by atoms with Crippen LogP contribution in [0.15, 0.2) is 27.5 Å². The van der Waals surface area contributed by atoms with Gasteiger partial charge in [-0.1, -0.05) is 0 Å². The Kier molecular flexibility index (Phi) is 3.73. The number of carbonyl (C=O) groups is 1. The summed E-state index contributed by atoms with van der Waals surface area (Å²) in [7, 11) is 0. The van der Waals surface area contributed by atoms with Gasteiger partial charge >= 0.3 is 5.76 Å². The maximum absolute atomic E-state index is 11.6. The van der Waals surface area contributed by atoms with Crippen LogP contribution in [0.5, 0.6) is 0 Å². The quantitative estimate of drug-likeness (QED) is 0.340. The van der Waals surface area contributed by atoms with Crippen molar-refractivity contribution in [2.45, 2.75) is 25.8 Å². The first kappa shape index (κ1) is 12.3. The molecule has 0 fully saturated rings. The zero-order valence-electron chi connectivity index (χ0n) is 9.76. The lowest BCUT2D eigenvalue weighted by Gasteiger charge is -2.01. The number of amides is 1. The third kappa shape index (κ3) is 2.57.